The topological polar surface area (TPSA) is 134 Å². The van der Waals surface area contributed by atoms with E-state index in [9.17, 15) is 14.7 Å². The van der Waals surface area contributed by atoms with Gasteiger partial charge in [-0.05, 0) is 23.9 Å². The highest BCUT2D eigenvalue weighted by Crippen LogP contribution is 2.06. The number of ether oxygens (including phenoxy) is 2. The molecule has 0 aliphatic heterocycles. The Bertz CT molecular complexity index is 574. The standard InChI is InChI=1S/C15H20N4O5/c1-23-14(21)13(8-7-12(20)9-17-19-16)18-15(22)24-10-11-5-3-2-4-6-11/h2-6,12-13,20H,7-10H2,1H3,(H,18,22)/t12?,13-/m0/s1. The minimum absolute atomic E-state index is 0.0695. The molecular formula is C15H20N4O5. The number of benzene rings is 1. The zero-order chi connectivity index (χ0) is 17.8. The van der Waals surface area contributed by atoms with Crippen molar-refractivity contribution >= 4 is 12.1 Å². The molecule has 9 nitrogen and oxygen atoms in total. The minimum Gasteiger partial charge on any atom is -0.467 e. The number of aliphatic hydroxyl groups is 1. The first-order valence-corrected chi connectivity index (χ1v) is 7.30. The summed E-state index contributed by atoms with van der Waals surface area (Å²) in [5, 5.41) is 15.2. The van der Waals surface area contributed by atoms with Crippen LogP contribution in [0.25, 0.3) is 10.4 Å². The Balaban J connectivity index is 2.47. The van der Waals surface area contributed by atoms with E-state index in [1.54, 1.807) is 12.1 Å². The van der Waals surface area contributed by atoms with E-state index in [-0.39, 0.29) is 26.0 Å². The van der Waals surface area contributed by atoms with Gasteiger partial charge in [-0.1, -0.05) is 35.4 Å². The highest BCUT2D eigenvalue weighted by atomic mass is 16.6. The predicted octanol–water partition coefficient (Wildman–Crippen LogP) is 1.91. The summed E-state index contributed by atoms with van der Waals surface area (Å²) in [5.41, 5.74) is 9.00. The predicted molar refractivity (Wildman–Crippen MR) is 84.8 cm³/mol. The van der Waals surface area contributed by atoms with Gasteiger partial charge in [0.15, 0.2) is 0 Å². The average molecular weight is 336 g/mol. The van der Waals surface area contributed by atoms with Crippen molar-refractivity contribution < 1.29 is 24.2 Å². The van der Waals surface area contributed by atoms with Crippen molar-refractivity contribution in [1.82, 2.24) is 5.32 Å². The maximum atomic E-state index is 11.8. The van der Waals surface area contributed by atoms with Crippen LogP contribution in [0.5, 0.6) is 0 Å². The normalized spacial score (nSPS) is 12.4. The fourth-order valence-electron chi connectivity index (χ4n) is 1.88. The van der Waals surface area contributed by atoms with Gasteiger partial charge in [0.2, 0.25) is 0 Å². The first-order chi connectivity index (χ1) is 11.6. The minimum atomic E-state index is -0.959. The molecule has 0 fully saturated rings. The van der Waals surface area contributed by atoms with Crippen molar-refractivity contribution in [2.24, 2.45) is 5.11 Å². The zero-order valence-corrected chi connectivity index (χ0v) is 13.3. The highest BCUT2D eigenvalue weighted by molar-refractivity contribution is 5.81. The molecule has 0 aromatic heterocycles. The molecule has 0 heterocycles. The van der Waals surface area contributed by atoms with Crippen molar-refractivity contribution in [2.45, 2.75) is 31.6 Å². The quantitative estimate of drug-likeness (QED) is 0.307. The summed E-state index contributed by atoms with van der Waals surface area (Å²) in [7, 11) is 1.20. The van der Waals surface area contributed by atoms with Gasteiger partial charge in [0.05, 0.1) is 19.8 Å². The first kappa shape index (κ1) is 19.3. The van der Waals surface area contributed by atoms with Crippen molar-refractivity contribution in [3.05, 3.63) is 46.3 Å². The van der Waals surface area contributed by atoms with Gasteiger partial charge in [-0.2, -0.15) is 0 Å². The van der Waals surface area contributed by atoms with Gasteiger partial charge in [0.25, 0.3) is 0 Å². The Morgan fingerprint density at radius 3 is 2.67 bits per heavy atom. The second kappa shape index (κ2) is 10.9. The van der Waals surface area contributed by atoms with Crippen LogP contribution in [0.4, 0.5) is 4.79 Å². The summed E-state index contributed by atoms with van der Waals surface area (Å²) in [5.74, 6) is -0.650. The summed E-state index contributed by atoms with van der Waals surface area (Å²) < 4.78 is 9.65. The van der Waals surface area contributed by atoms with E-state index in [2.05, 4.69) is 20.1 Å². The third-order valence-corrected chi connectivity index (χ3v) is 3.13. The molecule has 24 heavy (non-hydrogen) atoms. The third-order valence-electron chi connectivity index (χ3n) is 3.13. The van der Waals surface area contributed by atoms with Crippen LogP contribution in [-0.4, -0.2) is 43.0 Å². The van der Waals surface area contributed by atoms with Gasteiger partial charge < -0.3 is 19.9 Å². The number of nitrogens with one attached hydrogen (secondary N) is 1. The number of alkyl carbamates (subject to hydrolysis) is 1. The SMILES string of the molecule is COC(=O)[C@H](CCC(O)CN=[N+]=[N-])NC(=O)OCc1ccccc1. The molecule has 0 saturated heterocycles. The van der Waals surface area contributed by atoms with Gasteiger partial charge in [0.1, 0.15) is 12.6 Å². The molecule has 1 rings (SSSR count). The maximum absolute atomic E-state index is 11.8. The molecule has 2 N–H and O–H groups in total. The Hall–Kier alpha value is -2.77. The van der Waals surface area contributed by atoms with E-state index in [1.807, 2.05) is 18.2 Å². The molecule has 0 radical (unpaired) electrons. The molecule has 9 heteroatoms. The summed E-state index contributed by atoms with van der Waals surface area (Å²) in [6.45, 7) is -0.0388. The second-order valence-electron chi connectivity index (χ2n) is 4.93. The van der Waals surface area contributed by atoms with Crippen molar-refractivity contribution in [1.29, 1.82) is 0 Å². The molecule has 0 spiro atoms. The van der Waals surface area contributed by atoms with E-state index in [1.165, 1.54) is 7.11 Å². The smallest absolute Gasteiger partial charge is 0.408 e. The Kier molecular flexibility index (Phi) is 8.73. The molecule has 0 bridgehead atoms. The Morgan fingerprint density at radius 1 is 1.33 bits per heavy atom. The largest absolute Gasteiger partial charge is 0.467 e. The van der Waals surface area contributed by atoms with E-state index >= 15 is 0 Å². The number of nitrogens with zero attached hydrogens (tertiary/aromatic N) is 3. The summed E-state index contributed by atoms with van der Waals surface area (Å²) in [6.07, 6.45) is -1.40. The number of hydrogen-bond donors (Lipinski definition) is 2. The first-order valence-electron chi connectivity index (χ1n) is 7.30. The molecule has 1 unspecified atom stereocenters. The van der Waals surface area contributed by atoms with Crippen LogP contribution in [0.2, 0.25) is 0 Å². The van der Waals surface area contributed by atoms with Gasteiger partial charge >= 0.3 is 12.1 Å². The Morgan fingerprint density at radius 2 is 2.04 bits per heavy atom. The molecule has 0 aliphatic carbocycles. The molecule has 0 saturated carbocycles. The number of carbonyl (C=O) groups is 2. The molecule has 1 aromatic rings. The molecule has 0 aliphatic rings. The third kappa shape index (κ3) is 7.48. The average Bonchev–Trinajstić information content (AvgIpc) is 2.61. The number of amides is 1. The fourth-order valence-corrected chi connectivity index (χ4v) is 1.88. The van der Waals surface area contributed by atoms with E-state index in [0.29, 0.717) is 0 Å². The van der Waals surface area contributed by atoms with Crippen molar-refractivity contribution in [3.8, 4) is 0 Å². The van der Waals surface area contributed by atoms with Crippen LogP contribution in [0, 0.1) is 0 Å². The summed E-state index contributed by atoms with van der Waals surface area (Å²) in [6, 6.07) is 8.13. The number of azide groups is 1. The van der Waals surface area contributed by atoms with Crippen LogP contribution < -0.4 is 5.32 Å². The molecule has 1 aromatic carbocycles. The molecule has 1 amide bonds. The molecular weight excluding hydrogens is 316 g/mol. The fraction of sp³-hybridized carbons (Fsp3) is 0.467. The number of rotatable bonds is 9. The van der Waals surface area contributed by atoms with Crippen molar-refractivity contribution in [3.63, 3.8) is 0 Å². The van der Waals surface area contributed by atoms with E-state index in [4.69, 9.17) is 10.3 Å². The summed E-state index contributed by atoms with van der Waals surface area (Å²) in [4.78, 5) is 26.0. The lowest BCUT2D eigenvalue weighted by Crippen LogP contribution is -2.42. The number of carbonyl (C=O) groups excluding carboxylic acids is 2. The Labute approximate surface area is 139 Å². The van der Waals surface area contributed by atoms with Crippen LogP contribution in [0.15, 0.2) is 35.4 Å². The van der Waals surface area contributed by atoms with Crippen LogP contribution >= 0.6 is 0 Å². The molecule has 130 valence electrons. The van der Waals surface area contributed by atoms with E-state index < -0.39 is 24.2 Å². The number of esters is 1. The van der Waals surface area contributed by atoms with Crippen molar-refractivity contribution in [2.75, 3.05) is 13.7 Å². The summed E-state index contributed by atoms with van der Waals surface area (Å²) >= 11 is 0. The van der Waals surface area contributed by atoms with Gasteiger partial charge in [-0.15, -0.1) is 0 Å². The monoisotopic (exact) mass is 336 g/mol. The number of methoxy groups -OCH3 is 1. The number of aliphatic hydroxyl groups excluding tert-OH is 1. The number of hydrogen-bond acceptors (Lipinski definition) is 6. The van der Waals surface area contributed by atoms with Crippen LogP contribution in [0.3, 0.4) is 0 Å². The van der Waals surface area contributed by atoms with Crippen LogP contribution in [0.1, 0.15) is 18.4 Å². The van der Waals surface area contributed by atoms with Gasteiger partial charge in [-0.3, -0.25) is 0 Å². The zero-order valence-electron chi connectivity index (χ0n) is 13.3. The van der Waals surface area contributed by atoms with Gasteiger partial charge in [0, 0.05) is 4.91 Å². The second-order valence-corrected chi connectivity index (χ2v) is 4.93. The lowest BCUT2D eigenvalue weighted by molar-refractivity contribution is -0.143. The lowest BCUT2D eigenvalue weighted by Gasteiger charge is -2.17. The lowest BCUT2D eigenvalue weighted by atomic mass is 10.1. The van der Waals surface area contributed by atoms with E-state index in [0.717, 1.165) is 5.56 Å². The highest BCUT2D eigenvalue weighted by Gasteiger charge is 2.23. The maximum Gasteiger partial charge on any atom is 0.408 e. The molecule has 2 atom stereocenters. The van der Waals surface area contributed by atoms with Gasteiger partial charge in [-0.25, -0.2) is 9.59 Å². The van der Waals surface area contributed by atoms with Crippen LogP contribution in [-0.2, 0) is 20.9 Å².